The fraction of sp³-hybridized carbons (Fsp3) is 0.391. The van der Waals surface area contributed by atoms with E-state index in [-0.39, 0.29) is 5.56 Å². The van der Waals surface area contributed by atoms with Crippen LogP contribution in [0.25, 0.3) is 11.1 Å². The Balaban J connectivity index is 2.22. The van der Waals surface area contributed by atoms with Gasteiger partial charge in [0.15, 0.2) is 6.04 Å². The molecule has 0 saturated carbocycles. The van der Waals surface area contributed by atoms with Crippen LogP contribution in [0.2, 0.25) is 0 Å². The fourth-order valence-corrected chi connectivity index (χ4v) is 3.07. The molecule has 0 aromatic heterocycles. The van der Waals surface area contributed by atoms with Gasteiger partial charge in [-0.05, 0) is 63.1 Å². The molecule has 2 aromatic carbocycles. The van der Waals surface area contributed by atoms with Crippen molar-refractivity contribution in [2.75, 3.05) is 20.0 Å². The summed E-state index contributed by atoms with van der Waals surface area (Å²) in [5.41, 5.74) is 8.02. The van der Waals surface area contributed by atoms with Crippen LogP contribution in [0.4, 0.5) is 5.69 Å². The van der Waals surface area contributed by atoms with E-state index in [9.17, 15) is 9.59 Å². The quantitative estimate of drug-likeness (QED) is 0.532. The summed E-state index contributed by atoms with van der Waals surface area (Å²) in [6.07, 6.45) is -0.596. The Bertz CT molecular complexity index is 887. The summed E-state index contributed by atoms with van der Waals surface area (Å²) in [5.74, 6) is -0.315. The zero-order valence-electron chi connectivity index (χ0n) is 18.3. The Kier molecular flexibility index (Phi) is 7.45. The van der Waals surface area contributed by atoms with Crippen LogP contribution in [-0.4, -0.2) is 43.8 Å². The maximum atomic E-state index is 12.8. The van der Waals surface area contributed by atoms with E-state index in [2.05, 4.69) is 5.32 Å². The number of anilines is 1. The molecular formula is C23H30N2O5. The summed E-state index contributed by atoms with van der Waals surface area (Å²) < 4.78 is 15.8. The predicted octanol–water partition coefficient (Wildman–Crippen LogP) is 3.42. The highest BCUT2D eigenvalue weighted by Gasteiger charge is 2.32. The molecule has 0 spiro atoms. The monoisotopic (exact) mass is 414 g/mol. The highest BCUT2D eigenvalue weighted by molar-refractivity contribution is 6.01. The minimum absolute atomic E-state index is 0.268. The fourth-order valence-electron chi connectivity index (χ4n) is 3.07. The van der Waals surface area contributed by atoms with Crippen molar-refractivity contribution < 1.29 is 23.8 Å². The molecule has 0 fully saturated rings. The van der Waals surface area contributed by atoms with Crippen LogP contribution in [0.1, 0.15) is 38.1 Å². The van der Waals surface area contributed by atoms with Crippen molar-refractivity contribution in [2.24, 2.45) is 0 Å². The lowest BCUT2D eigenvalue weighted by atomic mass is 10.0. The number of ether oxygens (including phenoxy) is 3. The van der Waals surface area contributed by atoms with Crippen molar-refractivity contribution in [3.63, 3.8) is 0 Å². The van der Waals surface area contributed by atoms with Crippen LogP contribution in [0.15, 0.2) is 42.5 Å². The largest absolute Gasteiger partial charge is 0.497 e. The third-order valence-electron chi connectivity index (χ3n) is 4.47. The molecule has 0 bridgehead atoms. The van der Waals surface area contributed by atoms with E-state index in [1.807, 2.05) is 45.0 Å². The normalized spacial score (nSPS) is 13.3. The number of esters is 1. The highest BCUT2D eigenvalue weighted by Crippen LogP contribution is 2.26. The van der Waals surface area contributed by atoms with Crippen molar-refractivity contribution in [2.45, 2.75) is 45.4 Å². The molecule has 2 atom stereocenters. The number of hydrogen-bond donors (Lipinski definition) is 2. The zero-order chi connectivity index (χ0) is 22.5. The number of benzene rings is 2. The van der Waals surface area contributed by atoms with Crippen molar-refractivity contribution in [3.05, 3.63) is 48.0 Å². The van der Waals surface area contributed by atoms with Gasteiger partial charge in [0.2, 0.25) is 0 Å². The van der Waals surface area contributed by atoms with Crippen LogP contribution in [0.3, 0.4) is 0 Å². The van der Waals surface area contributed by atoms with E-state index < -0.39 is 29.6 Å². The third kappa shape index (κ3) is 5.97. The van der Waals surface area contributed by atoms with Crippen molar-refractivity contribution in [3.8, 4) is 16.9 Å². The van der Waals surface area contributed by atoms with E-state index in [1.165, 1.54) is 7.11 Å². The van der Waals surface area contributed by atoms with E-state index >= 15 is 0 Å². The number of nitrogens with two attached hydrogens (primary N) is 1. The Hall–Kier alpha value is -3.06. The average molecular weight is 415 g/mol. The molecule has 1 amide bonds. The molecule has 0 radical (unpaired) electrons. The van der Waals surface area contributed by atoms with Gasteiger partial charge in [0.1, 0.15) is 5.75 Å². The maximum absolute atomic E-state index is 12.8. The molecule has 30 heavy (non-hydrogen) atoms. The molecule has 3 N–H and O–H groups in total. The minimum atomic E-state index is -0.970. The van der Waals surface area contributed by atoms with Gasteiger partial charge in [-0.15, -0.1) is 0 Å². The molecule has 2 rings (SSSR count). The number of amides is 1. The lowest BCUT2D eigenvalue weighted by Crippen LogP contribution is -2.51. The first-order chi connectivity index (χ1) is 14.1. The summed E-state index contributed by atoms with van der Waals surface area (Å²) in [4.78, 5) is 25.1. The van der Waals surface area contributed by atoms with Gasteiger partial charge in [0.05, 0.1) is 31.5 Å². The van der Waals surface area contributed by atoms with Crippen LogP contribution < -0.4 is 15.8 Å². The first-order valence-electron chi connectivity index (χ1n) is 9.66. The summed E-state index contributed by atoms with van der Waals surface area (Å²) in [6.45, 7) is 7.32. The van der Waals surface area contributed by atoms with Gasteiger partial charge in [-0.3, -0.25) is 4.79 Å². The van der Waals surface area contributed by atoms with Gasteiger partial charge in [0.25, 0.3) is 5.91 Å². The molecule has 2 aromatic rings. The van der Waals surface area contributed by atoms with Gasteiger partial charge < -0.3 is 25.3 Å². The average Bonchev–Trinajstić information content (AvgIpc) is 2.69. The molecule has 0 aliphatic heterocycles. The number of hydrogen-bond acceptors (Lipinski definition) is 6. The molecule has 7 nitrogen and oxygen atoms in total. The van der Waals surface area contributed by atoms with E-state index in [0.717, 1.165) is 16.9 Å². The van der Waals surface area contributed by atoms with Crippen LogP contribution >= 0.6 is 0 Å². The Morgan fingerprint density at radius 2 is 1.60 bits per heavy atom. The second-order valence-corrected chi connectivity index (χ2v) is 7.94. The highest BCUT2D eigenvalue weighted by atomic mass is 16.5. The van der Waals surface area contributed by atoms with Gasteiger partial charge in [-0.1, -0.05) is 18.2 Å². The zero-order valence-corrected chi connectivity index (χ0v) is 18.3. The van der Waals surface area contributed by atoms with Crippen molar-refractivity contribution in [1.29, 1.82) is 0 Å². The Morgan fingerprint density at radius 3 is 2.10 bits per heavy atom. The number of carbonyl (C=O) groups excluding carboxylic acids is 2. The van der Waals surface area contributed by atoms with E-state index in [1.54, 1.807) is 32.2 Å². The van der Waals surface area contributed by atoms with Crippen molar-refractivity contribution >= 4 is 17.6 Å². The third-order valence-corrected chi connectivity index (χ3v) is 4.47. The SMILES string of the molecule is COC(=O)[C@@H](NC(=O)c1ccc(-c2ccc(OC)cc2)cc1N)C(C)OC(C)(C)C. The molecule has 0 aliphatic carbocycles. The molecule has 0 aliphatic rings. The lowest BCUT2D eigenvalue weighted by Gasteiger charge is -2.30. The van der Waals surface area contributed by atoms with Gasteiger partial charge >= 0.3 is 5.97 Å². The summed E-state index contributed by atoms with van der Waals surface area (Å²) >= 11 is 0. The standard InChI is InChI=1S/C23H30N2O5/c1-14(30-23(2,3)4)20(22(27)29-6)25-21(26)18-12-9-16(13-19(18)24)15-7-10-17(28-5)11-8-15/h7-14,20H,24H2,1-6H3,(H,25,26)/t14?,20-/m0/s1. The molecular weight excluding hydrogens is 384 g/mol. The Morgan fingerprint density at radius 1 is 1.00 bits per heavy atom. The van der Waals surface area contributed by atoms with Crippen molar-refractivity contribution in [1.82, 2.24) is 5.32 Å². The first-order valence-corrected chi connectivity index (χ1v) is 9.66. The predicted molar refractivity (Wildman–Crippen MR) is 116 cm³/mol. The van der Waals surface area contributed by atoms with Crippen LogP contribution in [0, 0.1) is 0 Å². The Labute approximate surface area is 177 Å². The number of nitrogen functional groups attached to an aromatic ring is 1. The van der Waals surface area contributed by atoms with E-state index in [4.69, 9.17) is 19.9 Å². The topological polar surface area (TPSA) is 99.9 Å². The second-order valence-electron chi connectivity index (χ2n) is 7.94. The summed E-state index contributed by atoms with van der Waals surface area (Å²) in [5, 5.41) is 2.69. The summed E-state index contributed by atoms with van der Waals surface area (Å²) in [6, 6.07) is 11.7. The number of carbonyl (C=O) groups is 2. The number of methoxy groups -OCH3 is 2. The van der Waals surface area contributed by atoms with Gasteiger partial charge in [-0.25, -0.2) is 4.79 Å². The minimum Gasteiger partial charge on any atom is -0.497 e. The molecule has 1 unspecified atom stereocenters. The maximum Gasteiger partial charge on any atom is 0.331 e. The molecule has 162 valence electrons. The molecule has 0 heterocycles. The second kappa shape index (κ2) is 9.63. The molecule has 0 saturated heterocycles. The van der Waals surface area contributed by atoms with Crippen LogP contribution in [-0.2, 0) is 14.3 Å². The smallest absolute Gasteiger partial charge is 0.331 e. The lowest BCUT2D eigenvalue weighted by molar-refractivity contribution is -0.150. The van der Waals surface area contributed by atoms with E-state index in [0.29, 0.717) is 5.69 Å². The van der Waals surface area contributed by atoms with Gasteiger partial charge in [0, 0.05) is 5.69 Å². The van der Waals surface area contributed by atoms with Gasteiger partial charge in [-0.2, -0.15) is 0 Å². The summed E-state index contributed by atoms with van der Waals surface area (Å²) in [7, 11) is 2.87. The number of nitrogens with one attached hydrogen (secondary N) is 1. The first kappa shape index (κ1) is 23.2. The molecule has 7 heteroatoms. The van der Waals surface area contributed by atoms with Crippen LogP contribution in [0.5, 0.6) is 5.75 Å². The number of rotatable bonds is 7.